The molecule has 1 aliphatic heterocycles. The standard InChI is InChI=1S/C15H14ClN5O2/c16-11-2-1-5-21-8-12(18-14(11)21)15(22)20-6-3-10(4-7-20)13-17-9-23-19-13/h1-2,5,8-10H,3-4,6-7H2. The van der Waals surface area contributed by atoms with Crippen molar-refractivity contribution >= 4 is 23.2 Å². The number of hydrogen-bond acceptors (Lipinski definition) is 5. The second-order valence-corrected chi connectivity index (χ2v) is 5.98. The van der Waals surface area contributed by atoms with Gasteiger partial charge < -0.3 is 13.8 Å². The first-order chi connectivity index (χ1) is 11.2. The van der Waals surface area contributed by atoms with Gasteiger partial charge in [-0.25, -0.2) is 4.98 Å². The Morgan fingerprint density at radius 3 is 2.87 bits per heavy atom. The van der Waals surface area contributed by atoms with E-state index < -0.39 is 0 Å². The van der Waals surface area contributed by atoms with Crippen molar-refractivity contribution in [1.82, 2.24) is 24.4 Å². The first kappa shape index (κ1) is 14.2. The summed E-state index contributed by atoms with van der Waals surface area (Å²) in [4.78, 5) is 22.9. The lowest BCUT2D eigenvalue weighted by molar-refractivity contribution is 0.0705. The molecule has 0 unspecified atom stereocenters. The predicted octanol–water partition coefficient (Wildman–Crippen LogP) is 2.39. The molecule has 1 aliphatic rings. The van der Waals surface area contributed by atoms with Crippen molar-refractivity contribution < 1.29 is 9.32 Å². The highest BCUT2D eigenvalue weighted by Crippen LogP contribution is 2.26. The summed E-state index contributed by atoms with van der Waals surface area (Å²) in [5.41, 5.74) is 1.01. The quantitative estimate of drug-likeness (QED) is 0.720. The van der Waals surface area contributed by atoms with Crippen LogP contribution in [-0.4, -0.2) is 43.4 Å². The number of imidazole rings is 1. The summed E-state index contributed by atoms with van der Waals surface area (Å²) in [5, 5.41) is 4.42. The topological polar surface area (TPSA) is 76.5 Å². The van der Waals surface area contributed by atoms with E-state index in [9.17, 15) is 4.79 Å². The summed E-state index contributed by atoms with van der Waals surface area (Å²) in [6, 6.07) is 3.58. The van der Waals surface area contributed by atoms with Crippen molar-refractivity contribution in [2.45, 2.75) is 18.8 Å². The summed E-state index contributed by atoms with van der Waals surface area (Å²) < 4.78 is 6.55. The first-order valence-electron chi connectivity index (χ1n) is 7.41. The zero-order valence-corrected chi connectivity index (χ0v) is 13.0. The Morgan fingerprint density at radius 1 is 1.35 bits per heavy atom. The Labute approximate surface area is 136 Å². The fourth-order valence-corrected chi connectivity index (χ4v) is 3.16. The fourth-order valence-electron chi connectivity index (χ4n) is 2.94. The number of carbonyl (C=O) groups is 1. The van der Waals surface area contributed by atoms with Gasteiger partial charge in [0.25, 0.3) is 5.91 Å². The smallest absolute Gasteiger partial charge is 0.274 e. The van der Waals surface area contributed by atoms with Gasteiger partial charge in [-0.2, -0.15) is 4.98 Å². The van der Waals surface area contributed by atoms with Crippen LogP contribution >= 0.6 is 11.6 Å². The van der Waals surface area contributed by atoms with Crippen molar-refractivity contribution in [2.75, 3.05) is 13.1 Å². The molecule has 118 valence electrons. The maximum absolute atomic E-state index is 12.6. The Morgan fingerprint density at radius 2 is 2.17 bits per heavy atom. The first-order valence-corrected chi connectivity index (χ1v) is 7.79. The number of hydrogen-bond donors (Lipinski definition) is 0. The summed E-state index contributed by atoms with van der Waals surface area (Å²) >= 11 is 6.11. The van der Waals surface area contributed by atoms with E-state index in [1.165, 1.54) is 6.39 Å². The van der Waals surface area contributed by atoms with Crippen molar-refractivity contribution in [3.63, 3.8) is 0 Å². The van der Waals surface area contributed by atoms with Crippen LogP contribution in [0.4, 0.5) is 0 Å². The van der Waals surface area contributed by atoms with Crippen LogP contribution in [0, 0.1) is 0 Å². The second-order valence-electron chi connectivity index (χ2n) is 5.57. The molecular weight excluding hydrogens is 318 g/mol. The number of aromatic nitrogens is 4. The van der Waals surface area contributed by atoms with Crippen molar-refractivity contribution in [1.29, 1.82) is 0 Å². The van der Waals surface area contributed by atoms with Crippen LogP contribution < -0.4 is 0 Å². The third kappa shape index (κ3) is 2.57. The van der Waals surface area contributed by atoms with Gasteiger partial charge >= 0.3 is 0 Å². The largest absolute Gasteiger partial charge is 0.343 e. The third-order valence-corrected chi connectivity index (χ3v) is 4.47. The molecule has 0 aromatic carbocycles. The number of carbonyl (C=O) groups excluding carboxylic acids is 1. The molecular formula is C15H14ClN5O2. The van der Waals surface area contributed by atoms with Gasteiger partial charge in [-0.15, -0.1) is 0 Å². The van der Waals surface area contributed by atoms with Gasteiger partial charge in [-0.1, -0.05) is 16.8 Å². The maximum atomic E-state index is 12.6. The minimum Gasteiger partial charge on any atom is -0.343 e. The van der Waals surface area contributed by atoms with Gasteiger partial charge in [0.1, 0.15) is 5.69 Å². The summed E-state index contributed by atoms with van der Waals surface area (Å²) in [6.45, 7) is 1.30. The molecule has 7 nitrogen and oxygen atoms in total. The Hall–Kier alpha value is -2.41. The van der Waals surface area contributed by atoms with Gasteiger partial charge in [0.2, 0.25) is 6.39 Å². The lowest BCUT2D eigenvalue weighted by Crippen LogP contribution is -2.38. The van der Waals surface area contributed by atoms with Gasteiger partial charge in [0.15, 0.2) is 11.5 Å². The highest BCUT2D eigenvalue weighted by Gasteiger charge is 2.28. The Kier molecular flexibility index (Phi) is 3.49. The summed E-state index contributed by atoms with van der Waals surface area (Å²) in [7, 11) is 0. The van der Waals surface area contributed by atoms with Crippen molar-refractivity contribution in [2.24, 2.45) is 0 Å². The van der Waals surface area contributed by atoms with E-state index in [1.807, 2.05) is 17.2 Å². The van der Waals surface area contributed by atoms with E-state index in [0.717, 1.165) is 18.7 Å². The van der Waals surface area contributed by atoms with Crippen LogP contribution in [0.25, 0.3) is 5.65 Å². The molecule has 3 aromatic rings. The van der Waals surface area contributed by atoms with Gasteiger partial charge in [0.05, 0.1) is 5.02 Å². The molecule has 1 fully saturated rings. The number of pyridine rings is 1. The molecule has 0 N–H and O–H groups in total. The average molecular weight is 332 g/mol. The lowest BCUT2D eigenvalue weighted by Gasteiger charge is -2.30. The van der Waals surface area contributed by atoms with Crippen LogP contribution in [0.15, 0.2) is 35.4 Å². The number of fused-ring (bicyclic) bond motifs is 1. The number of halogens is 1. The van der Waals surface area contributed by atoms with Gasteiger partial charge in [0, 0.05) is 31.4 Å². The zero-order chi connectivity index (χ0) is 15.8. The van der Waals surface area contributed by atoms with Crippen LogP contribution in [-0.2, 0) is 0 Å². The minimum absolute atomic E-state index is 0.0728. The SMILES string of the molecule is O=C(c1cn2cccc(Cl)c2n1)N1CCC(c2ncon2)CC1. The summed E-state index contributed by atoms with van der Waals surface area (Å²) in [6.07, 6.45) is 6.52. The second kappa shape index (κ2) is 5.66. The number of rotatable bonds is 2. The van der Waals surface area contributed by atoms with E-state index in [-0.39, 0.29) is 11.8 Å². The van der Waals surface area contributed by atoms with E-state index in [2.05, 4.69) is 15.1 Å². The Balaban J connectivity index is 1.50. The van der Waals surface area contributed by atoms with E-state index >= 15 is 0 Å². The molecule has 1 amide bonds. The lowest BCUT2D eigenvalue weighted by atomic mass is 9.96. The molecule has 23 heavy (non-hydrogen) atoms. The number of nitrogens with zero attached hydrogens (tertiary/aromatic N) is 5. The monoisotopic (exact) mass is 331 g/mol. The molecule has 0 bridgehead atoms. The predicted molar refractivity (Wildman–Crippen MR) is 82.4 cm³/mol. The third-order valence-electron chi connectivity index (χ3n) is 4.18. The maximum Gasteiger partial charge on any atom is 0.274 e. The van der Waals surface area contributed by atoms with Crippen LogP contribution in [0.2, 0.25) is 5.02 Å². The highest BCUT2D eigenvalue weighted by atomic mass is 35.5. The fraction of sp³-hybridized carbons (Fsp3) is 0.333. The Bertz CT molecular complexity index is 837. The zero-order valence-electron chi connectivity index (χ0n) is 12.2. The molecule has 0 spiro atoms. The van der Waals surface area contributed by atoms with Crippen molar-refractivity contribution in [3.05, 3.63) is 47.5 Å². The van der Waals surface area contributed by atoms with Crippen LogP contribution in [0.1, 0.15) is 35.1 Å². The molecule has 0 radical (unpaired) electrons. The number of amides is 1. The molecule has 3 aromatic heterocycles. The van der Waals surface area contributed by atoms with E-state index in [0.29, 0.717) is 29.5 Å². The normalized spacial score (nSPS) is 16.1. The van der Waals surface area contributed by atoms with E-state index in [1.54, 1.807) is 16.7 Å². The molecule has 0 saturated carbocycles. The number of piperidine rings is 1. The molecule has 0 aliphatic carbocycles. The van der Waals surface area contributed by atoms with Crippen molar-refractivity contribution in [3.8, 4) is 0 Å². The van der Waals surface area contributed by atoms with E-state index in [4.69, 9.17) is 16.1 Å². The molecule has 4 rings (SSSR count). The summed E-state index contributed by atoms with van der Waals surface area (Å²) in [5.74, 6) is 0.890. The van der Waals surface area contributed by atoms with Gasteiger partial charge in [-0.3, -0.25) is 4.79 Å². The molecule has 8 heteroatoms. The minimum atomic E-state index is -0.0728. The number of likely N-dealkylation sites (tertiary alicyclic amines) is 1. The van der Waals surface area contributed by atoms with Crippen LogP contribution in [0.3, 0.4) is 0 Å². The van der Waals surface area contributed by atoms with Crippen LogP contribution in [0.5, 0.6) is 0 Å². The average Bonchev–Trinajstić information content (AvgIpc) is 3.24. The molecule has 1 saturated heterocycles. The highest BCUT2D eigenvalue weighted by molar-refractivity contribution is 6.33. The van der Waals surface area contributed by atoms with Gasteiger partial charge in [-0.05, 0) is 25.0 Å². The molecule has 4 heterocycles. The molecule has 0 atom stereocenters.